The van der Waals surface area contributed by atoms with Gasteiger partial charge in [0.2, 0.25) is 5.71 Å². The van der Waals surface area contributed by atoms with Gasteiger partial charge in [-0.3, -0.25) is 0 Å². The summed E-state index contributed by atoms with van der Waals surface area (Å²) in [5.74, 6) is -1.54. The fraction of sp³-hybridized carbons (Fsp3) is 0.240. The molecule has 2 unspecified atom stereocenters. The highest BCUT2D eigenvalue weighted by Crippen LogP contribution is 2.49. The van der Waals surface area contributed by atoms with Crippen molar-refractivity contribution < 1.29 is 29.1 Å². The van der Waals surface area contributed by atoms with Crippen molar-refractivity contribution in [1.29, 1.82) is 0 Å². The van der Waals surface area contributed by atoms with Crippen LogP contribution in [0.4, 0.5) is 5.69 Å². The molecule has 2 aliphatic rings. The van der Waals surface area contributed by atoms with Gasteiger partial charge in [-0.1, -0.05) is 12.1 Å². The fourth-order valence-electron chi connectivity index (χ4n) is 4.21. The average molecular weight is 433 g/mol. The van der Waals surface area contributed by atoms with Crippen LogP contribution in [0.5, 0.6) is 5.75 Å². The second-order valence-electron chi connectivity index (χ2n) is 8.36. The van der Waals surface area contributed by atoms with Gasteiger partial charge < -0.3 is 19.8 Å². The SMILES string of the molecule is CN(C)c1ccc2c(c1)OC1=CC(=[N+](C)C)C=CC1C2c1cc(C(=O)O)ccc1C(=O)O. The smallest absolute Gasteiger partial charge is 0.335 e. The molecule has 2 aromatic rings. The van der Waals surface area contributed by atoms with Crippen molar-refractivity contribution in [3.05, 3.63) is 82.6 Å². The van der Waals surface area contributed by atoms with E-state index in [2.05, 4.69) is 0 Å². The molecule has 164 valence electrons. The summed E-state index contributed by atoms with van der Waals surface area (Å²) in [6.07, 6.45) is 5.92. The third-order valence-electron chi connectivity index (χ3n) is 5.91. The Kier molecular flexibility index (Phi) is 5.34. The van der Waals surface area contributed by atoms with Crippen LogP contribution in [-0.4, -0.2) is 60.6 Å². The molecule has 0 radical (unpaired) electrons. The average Bonchev–Trinajstić information content (AvgIpc) is 2.75. The molecule has 0 fully saturated rings. The van der Waals surface area contributed by atoms with Crippen LogP contribution in [-0.2, 0) is 0 Å². The summed E-state index contributed by atoms with van der Waals surface area (Å²) < 4.78 is 8.28. The van der Waals surface area contributed by atoms with Gasteiger partial charge in [0.05, 0.1) is 11.1 Å². The lowest BCUT2D eigenvalue weighted by Gasteiger charge is -2.36. The number of hydrogen-bond acceptors (Lipinski definition) is 4. The van der Waals surface area contributed by atoms with Gasteiger partial charge in [0, 0.05) is 55.4 Å². The topological polar surface area (TPSA) is 90.1 Å². The standard InChI is InChI=1S/C25H24N2O5/c1-26(2)15-6-9-18-21(12-15)32-22-13-16(27(3)4)7-10-19(22)23(18)20-11-14(24(28)29)5-8-17(20)25(30)31/h5-13,18,23H,1-4H3,(H-,28,29,30,31)/p+1. The Hall–Kier alpha value is -3.87. The Morgan fingerprint density at radius 1 is 1.00 bits per heavy atom. The number of carboxylic acids is 2. The second-order valence-corrected chi connectivity index (χ2v) is 8.36. The molecule has 0 saturated heterocycles. The van der Waals surface area contributed by atoms with Crippen molar-refractivity contribution in [2.45, 2.75) is 5.92 Å². The quantitative estimate of drug-likeness (QED) is 0.718. The zero-order valence-electron chi connectivity index (χ0n) is 18.4. The molecule has 2 N–H and O–H groups in total. The molecule has 7 nitrogen and oxygen atoms in total. The molecule has 0 amide bonds. The molecule has 32 heavy (non-hydrogen) atoms. The maximum absolute atomic E-state index is 12.1. The van der Waals surface area contributed by atoms with Crippen molar-refractivity contribution in [2.24, 2.45) is 5.92 Å². The highest BCUT2D eigenvalue weighted by Gasteiger charge is 2.39. The fourth-order valence-corrected chi connectivity index (χ4v) is 4.21. The minimum absolute atomic E-state index is 0.0498. The van der Waals surface area contributed by atoms with Gasteiger partial charge in [-0.25, -0.2) is 14.2 Å². The number of allylic oxidation sites excluding steroid dienone is 3. The summed E-state index contributed by atoms with van der Waals surface area (Å²) >= 11 is 0. The van der Waals surface area contributed by atoms with Gasteiger partial charge in [-0.2, -0.15) is 0 Å². The largest absolute Gasteiger partial charge is 0.478 e. The maximum atomic E-state index is 12.1. The number of carbonyl (C=O) groups is 2. The summed E-state index contributed by atoms with van der Waals surface area (Å²) in [5, 5.41) is 19.4. The molecule has 4 rings (SSSR count). The van der Waals surface area contributed by atoms with Gasteiger partial charge in [-0.15, -0.1) is 0 Å². The lowest BCUT2D eigenvalue weighted by Crippen LogP contribution is -2.29. The van der Waals surface area contributed by atoms with Gasteiger partial charge in [0.15, 0.2) is 0 Å². The number of hydrogen-bond donors (Lipinski definition) is 2. The highest BCUT2D eigenvalue weighted by atomic mass is 16.5. The Morgan fingerprint density at radius 3 is 2.38 bits per heavy atom. The lowest BCUT2D eigenvalue weighted by atomic mass is 9.74. The molecule has 0 aromatic heterocycles. The molecular weight excluding hydrogens is 408 g/mol. The van der Waals surface area contributed by atoms with E-state index in [0.717, 1.165) is 17.0 Å². The van der Waals surface area contributed by atoms with E-state index in [1.54, 1.807) is 0 Å². The number of carboxylic acid groups (broad SMARTS) is 2. The van der Waals surface area contributed by atoms with E-state index >= 15 is 0 Å². The summed E-state index contributed by atoms with van der Waals surface area (Å²) in [6.45, 7) is 0. The van der Waals surface area contributed by atoms with E-state index in [0.29, 0.717) is 17.1 Å². The third-order valence-corrected chi connectivity index (χ3v) is 5.91. The number of fused-ring (bicyclic) bond motifs is 2. The summed E-state index contributed by atoms with van der Waals surface area (Å²) in [4.78, 5) is 25.7. The highest BCUT2D eigenvalue weighted by molar-refractivity contribution is 6.02. The van der Waals surface area contributed by atoms with Crippen LogP contribution >= 0.6 is 0 Å². The minimum atomic E-state index is -1.10. The number of aromatic carboxylic acids is 2. The molecule has 1 aliphatic carbocycles. The molecule has 7 heteroatoms. The monoisotopic (exact) mass is 433 g/mol. The number of benzene rings is 2. The first kappa shape index (κ1) is 21.4. The molecule has 2 aromatic carbocycles. The molecule has 0 saturated carbocycles. The number of anilines is 1. The summed E-state index contributed by atoms with van der Waals surface area (Å²) in [5.41, 5.74) is 3.31. The van der Waals surface area contributed by atoms with E-state index in [1.165, 1.54) is 18.2 Å². The molecule has 2 atom stereocenters. The Morgan fingerprint density at radius 2 is 1.75 bits per heavy atom. The van der Waals surface area contributed by atoms with Crippen LogP contribution in [0.1, 0.15) is 37.8 Å². The van der Waals surface area contributed by atoms with Gasteiger partial charge in [0.1, 0.15) is 25.6 Å². The Balaban J connectivity index is 1.99. The molecule has 1 aliphatic heterocycles. The van der Waals surface area contributed by atoms with Crippen molar-refractivity contribution in [3.8, 4) is 5.75 Å². The van der Waals surface area contributed by atoms with Crippen LogP contribution < -0.4 is 9.64 Å². The first-order valence-corrected chi connectivity index (χ1v) is 10.2. The van der Waals surface area contributed by atoms with Crippen LogP contribution in [0.15, 0.2) is 60.4 Å². The number of nitrogens with zero attached hydrogens (tertiary/aromatic N) is 2. The van der Waals surface area contributed by atoms with Crippen LogP contribution in [0.2, 0.25) is 0 Å². The minimum Gasteiger partial charge on any atom is -0.478 e. The molecule has 0 spiro atoms. The Bertz CT molecular complexity index is 1220. The van der Waals surface area contributed by atoms with Gasteiger partial charge in [0.25, 0.3) is 0 Å². The predicted molar refractivity (Wildman–Crippen MR) is 121 cm³/mol. The van der Waals surface area contributed by atoms with E-state index in [-0.39, 0.29) is 17.0 Å². The zero-order valence-corrected chi connectivity index (χ0v) is 18.4. The van der Waals surface area contributed by atoms with E-state index in [9.17, 15) is 19.8 Å². The lowest BCUT2D eigenvalue weighted by molar-refractivity contribution is -0.462. The van der Waals surface area contributed by atoms with Gasteiger partial charge in [-0.05, 0) is 29.8 Å². The predicted octanol–water partition coefficient (Wildman–Crippen LogP) is 3.46. The van der Waals surface area contributed by atoms with E-state index in [1.807, 2.05) is 74.1 Å². The van der Waals surface area contributed by atoms with Gasteiger partial charge >= 0.3 is 11.9 Å². The first-order valence-electron chi connectivity index (χ1n) is 10.2. The van der Waals surface area contributed by atoms with Crippen molar-refractivity contribution in [3.63, 3.8) is 0 Å². The zero-order chi connectivity index (χ0) is 23.2. The van der Waals surface area contributed by atoms with Crippen molar-refractivity contribution in [2.75, 3.05) is 33.1 Å². The van der Waals surface area contributed by atoms with Crippen LogP contribution in [0.3, 0.4) is 0 Å². The molecule has 1 heterocycles. The van der Waals surface area contributed by atoms with Crippen LogP contribution in [0, 0.1) is 5.92 Å². The number of rotatable bonds is 4. The Labute approximate surface area is 186 Å². The maximum Gasteiger partial charge on any atom is 0.335 e. The first-order chi connectivity index (χ1) is 15.2. The molecule has 0 bridgehead atoms. The van der Waals surface area contributed by atoms with Crippen molar-refractivity contribution >= 4 is 23.3 Å². The summed E-state index contributed by atoms with van der Waals surface area (Å²) in [6, 6.07) is 9.99. The number of ether oxygens (including phenoxy) is 1. The third kappa shape index (κ3) is 3.66. The van der Waals surface area contributed by atoms with E-state index < -0.39 is 17.9 Å². The van der Waals surface area contributed by atoms with Crippen LogP contribution in [0.25, 0.3) is 0 Å². The second kappa shape index (κ2) is 8.00. The van der Waals surface area contributed by atoms with Crippen molar-refractivity contribution in [1.82, 2.24) is 0 Å². The molecular formula is C25H25N2O5+. The van der Waals surface area contributed by atoms with E-state index in [4.69, 9.17) is 4.74 Å². The summed E-state index contributed by atoms with van der Waals surface area (Å²) in [7, 11) is 7.75. The normalized spacial score (nSPS) is 18.8.